The van der Waals surface area contributed by atoms with Gasteiger partial charge in [0.25, 0.3) is 0 Å². The van der Waals surface area contributed by atoms with Crippen molar-refractivity contribution in [2.24, 2.45) is 0 Å². The Morgan fingerprint density at radius 3 is 1.07 bits per heavy atom. The van der Waals surface area contributed by atoms with Crippen LogP contribution in [-0.4, -0.2) is 11.4 Å². The molecule has 4 nitrogen and oxygen atoms in total. The van der Waals surface area contributed by atoms with Gasteiger partial charge in [-0.1, -0.05) is 72.8 Å². The number of hydrogen-bond donors (Lipinski definition) is 1. The standard InChI is InChI=1S/C40H34N2O2/c43-29-33-17-25-39(26-18-33)41(35-7-3-1-4-8-35)37-21-13-31(14-22-37)11-12-32-15-23-38(24-16-32)42(36-9-5-2-6-10-36)40-27-19-34(30-44)20-28-40/h1-10,13-29,44H,11-12,30H2. The number of aliphatic hydroxyl groups is 1. The predicted octanol–water partition coefficient (Wildman–Crippen LogP) is 9.72. The SMILES string of the molecule is O=Cc1ccc(N(c2ccccc2)c2ccc(CCc3ccc(N(c4ccccc4)c4ccc(CO)cc4)cc3)cc2)cc1. The summed E-state index contributed by atoms with van der Waals surface area (Å²) in [4.78, 5) is 15.6. The highest BCUT2D eigenvalue weighted by atomic mass is 16.3. The number of rotatable bonds is 11. The Morgan fingerprint density at radius 1 is 0.409 bits per heavy atom. The van der Waals surface area contributed by atoms with Crippen LogP contribution in [0, 0.1) is 0 Å². The Bertz CT molecular complexity index is 1770. The van der Waals surface area contributed by atoms with Gasteiger partial charge in [0, 0.05) is 39.7 Å². The Hall–Kier alpha value is -5.45. The van der Waals surface area contributed by atoms with E-state index in [0.29, 0.717) is 5.56 Å². The second-order valence-electron chi connectivity index (χ2n) is 10.7. The molecule has 0 saturated carbocycles. The Kier molecular flexibility index (Phi) is 8.91. The molecule has 44 heavy (non-hydrogen) atoms. The fourth-order valence-corrected chi connectivity index (χ4v) is 5.41. The monoisotopic (exact) mass is 574 g/mol. The van der Waals surface area contributed by atoms with Crippen molar-refractivity contribution in [2.45, 2.75) is 19.4 Å². The first-order valence-electron chi connectivity index (χ1n) is 14.8. The third kappa shape index (κ3) is 6.62. The molecule has 0 fully saturated rings. The van der Waals surface area contributed by atoms with Gasteiger partial charge in [-0.2, -0.15) is 0 Å². The van der Waals surface area contributed by atoms with E-state index in [1.165, 1.54) is 11.1 Å². The summed E-state index contributed by atoms with van der Waals surface area (Å²) in [5, 5.41) is 9.49. The highest BCUT2D eigenvalue weighted by molar-refractivity contribution is 5.80. The molecule has 0 aliphatic heterocycles. The van der Waals surface area contributed by atoms with Crippen LogP contribution >= 0.6 is 0 Å². The number of benzene rings is 6. The lowest BCUT2D eigenvalue weighted by Crippen LogP contribution is -2.10. The van der Waals surface area contributed by atoms with E-state index in [-0.39, 0.29) is 6.61 Å². The molecule has 0 bridgehead atoms. The van der Waals surface area contributed by atoms with Crippen LogP contribution in [0.15, 0.2) is 158 Å². The topological polar surface area (TPSA) is 43.8 Å². The van der Waals surface area contributed by atoms with Crippen LogP contribution in [0.4, 0.5) is 34.1 Å². The number of para-hydroxylation sites is 2. The first-order valence-corrected chi connectivity index (χ1v) is 14.8. The molecule has 0 aliphatic carbocycles. The summed E-state index contributed by atoms with van der Waals surface area (Å²) in [6, 6.07) is 53.8. The smallest absolute Gasteiger partial charge is 0.150 e. The normalized spacial score (nSPS) is 10.8. The largest absolute Gasteiger partial charge is 0.392 e. The third-order valence-corrected chi connectivity index (χ3v) is 7.78. The zero-order valence-electron chi connectivity index (χ0n) is 24.5. The number of nitrogens with zero attached hydrogens (tertiary/aromatic N) is 2. The van der Waals surface area contributed by atoms with Gasteiger partial charge in [0.05, 0.1) is 6.61 Å². The van der Waals surface area contributed by atoms with Gasteiger partial charge < -0.3 is 14.9 Å². The highest BCUT2D eigenvalue weighted by Crippen LogP contribution is 2.36. The van der Waals surface area contributed by atoms with Crippen LogP contribution in [-0.2, 0) is 19.4 Å². The molecule has 0 aromatic heterocycles. The average Bonchev–Trinajstić information content (AvgIpc) is 3.10. The van der Waals surface area contributed by atoms with E-state index < -0.39 is 0 Å². The minimum absolute atomic E-state index is 0.0323. The second-order valence-corrected chi connectivity index (χ2v) is 10.7. The molecule has 6 aromatic carbocycles. The first kappa shape index (κ1) is 28.7. The average molecular weight is 575 g/mol. The fourth-order valence-electron chi connectivity index (χ4n) is 5.41. The maximum absolute atomic E-state index is 11.2. The molecule has 6 aromatic rings. The van der Waals surface area contributed by atoms with E-state index in [0.717, 1.165) is 58.8 Å². The second kappa shape index (κ2) is 13.7. The number of aldehydes is 1. The lowest BCUT2D eigenvalue weighted by atomic mass is 10.0. The summed E-state index contributed by atoms with van der Waals surface area (Å²) >= 11 is 0. The summed E-state index contributed by atoms with van der Waals surface area (Å²) in [6.07, 6.45) is 2.74. The van der Waals surface area contributed by atoms with Crippen LogP contribution in [0.3, 0.4) is 0 Å². The van der Waals surface area contributed by atoms with E-state index in [1.807, 2.05) is 72.8 Å². The molecule has 0 aliphatic rings. The number of aryl methyl sites for hydroxylation is 2. The zero-order chi connectivity index (χ0) is 30.1. The Morgan fingerprint density at radius 2 is 0.727 bits per heavy atom. The highest BCUT2D eigenvalue weighted by Gasteiger charge is 2.14. The van der Waals surface area contributed by atoms with Crippen molar-refractivity contribution in [1.29, 1.82) is 0 Å². The number of anilines is 6. The molecule has 0 unspecified atom stereocenters. The van der Waals surface area contributed by atoms with Crippen molar-refractivity contribution < 1.29 is 9.90 Å². The molecule has 6 rings (SSSR count). The number of aliphatic hydroxyl groups excluding tert-OH is 1. The van der Waals surface area contributed by atoms with Crippen LogP contribution in [0.25, 0.3) is 0 Å². The molecular weight excluding hydrogens is 540 g/mol. The van der Waals surface area contributed by atoms with Crippen LogP contribution in [0.2, 0.25) is 0 Å². The van der Waals surface area contributed by atoms with Crippen LogP contribution < -0.4 is 9.80 Å². The molecule has 0 atom stereocenters. The predicted molar refractivity (Wildman–Crippen MR) is 181 cm³/mol. The Balaban J connectivity index is 1.18. The van der Waals surface area contributed by atoms with Crippen molar-refractivity contribution >= 4 is 40.4 Å². The van der Waals surface area contributed by atoms with Crippen LogP contribution in [0.1, 0.15) is 27.0 Å². The van der Waals surface area contributed by atoms with E-state index in [4.69, 9.17) is 0 Å². The molecule has 0 amide bonds. The van der Waals surface area contributed by atoms with Crippen molar-refractivity contribution in [2.75, 3.05) is 9.80 Å². The number of hydrogen-bond acceptors (Lipinski definition) is 4. The van der Waals surface area contributed by atoms with Gasteiger partial charge in [-0.25, -0.2) is 0 Å². The maximum Gasteiger partial charge on any atom is 0.150 e. The summed E-state index contributed by atoms with van der Waals surface area (Å²) < 4.78 is 0. The van der Waals surface area contributed by atoms with Gasteiger partial charge in [0.2, 0.25) is 0 Å². The molecule has 0 heterocycles. The lowest BCUT2D eigenvalue weighted by Gasteiger charge is -2.26. The van der Waals surface area contributed by atoms with Crippen LogP contribution in [0.5, 0.6) is 0 Å². The van der Waals surface area contributed by atoms with Gasteiger partial charge in [0.1, 0.15) is 6.29 Å². The Labute approximate surface area is 259 Å². The van der Waals surface area contributed by atoms with Gasteiger partial charge in [-0.05, 0) is 114 Å². The molecular formula is C40H34N2O2. The number of carbonyl (C=O) groups excluding carboxylic acids is 1. The minimum atomic E-state index is 0.0323. The molecule has 216 valence electrons. The van der Waals surface area contributed by atoms with E-state index in [9.17, 15) is 9.90 Å². The van der Waals surface area contributed by atoms with Crippen molar-refractivity contribution in [1.82, 2.24) is 0 Å². The molecule has 4 heteroatoms. The molecule has 0 spiro atoms. The van der Waals surface area contributed by atoms with Crippen molar-refractivity contribution in [3.8, 4) is 0 Å². The van der Waals surface area contributed by atoms with E-state index in [2.05, 4.69) is 94.7 Å². The van der Waals surface area contributed by atoms with Gasteiger partial charge >= 0.3 is 0 Å². The molecule has 0 saturated heterocycles. The quantitative estimate of drug-likeness (QED) is 0.156. The third-order valence-electron chi connectivity index (χ3n) is 7.78. The maximum atomic E-state index is 11.2. The van der Waals surface area contributed by atoms with Crippen molar-refractivity contribution in [3.05, 3.63) is 180 Å². The number of carbonyl (C=O) groups is 1. The van der Waals surface area contributed by atoms with Crippen molar-refractivity contribution in [3.63, 3.8) is 0 Å². The van der Waals surface area contributed by atoms with Gasteiger partial charge in [-0.3, -0.25) is 4.79 Å². The first-order chi connectivity index (χ1) is 21.7. The summed E-state index contributed by atoms with van der Waals surface area (Å²) in [6.45, 7) is 0.0323. The van der Waals surface area contributed by atoms with E-state index in [1.54, 1.807) is 0 Å². The lowest BCUT2D eigenvalue weighted by molar-refractivity contribution is 0.112. The summed E-state index contributed by atoms with van der Waals surface area (Å²) in [5.41, 5.74) is 10.5. The van der Waals surface area contributed by atoms with Gasteiger partial charge in [0.15, 0.2) is 0 Å². The molecule has 1 N–H and O–H groups in total. The fraction of sp³-hybridized carbons (Fsp3) is 0.0750. The van der Waals surface area contributed by atoms with E-state index >= 15 is 0 Å². The summed E-state index contributed by atoms with van der Waals surface area (Å²) in [5.74, 6) is 0. The zero-order valence-corrected chi connectivity index (χ0v) is 24.5. The minimum Gasteiger partial charge on any atom is -0.392 e. The van der Waals surface area contributed by atoms with Gasteiger partial charge in [-0.15, -0.1) is 0 Å². The summed E-state index contributed by atoms with van der Waals surface area (Å²) in [7, 11) is 0. The molecule has 0 radical (unpaired) electrons.